The molecule has 7 nitrogen and oxygen atoms in total. The summed E-state index contributed by atoms with van der Waals surface area (Å²) in [7, 11) is 1.56. The number of benzene rings is 2. The highest BCUT2D eigenvalue weighted by Crippen LogP contribution is 2.34. The zero-order valence-electron chi connectivity index (χ0n) is 16.9. The van der Waals surface area contributed by atoms with Crippen molar-refractivity contribution in [2.45, 2.75) is 13.8 Å². The monoisotopic (exact) mass is 427 g/mol. The van der Waals surface area contributed by atoms with Gasteiger partial charge in [-0.25, -0.2) is 4.79 Å². The highest BCUT2D eigenvalue weighted by atomic mass is 35.5. The molecule has 0 fully saturated rings. The maximum absolute atomic E-state index is 13.5. The largest absolute Gasteiger partial charge is 0.415 e. The molecular formula is C22H22ClN3O4. The molecule has 3 aromatic rings. The number of halogens is 1. The Balaban J connectivity index is 2.25. The molecule has 0 aliphatic heterocycles. The summed E-state index contributed by atoms with van der Waals surface area (Å²) in [4.78, 5) is 44.3. The van der Waals surface area contributed by atoms with Crippen LogP contribution in [0.15, 0.2) is 53.3 Å². The lowest BCUT2D eigenvalue weighted by molar-refractivity contribution is 0.0983. The van der Waals surface area contributed by atoms with Crippen LogP contribution in [0, 0.1) is 0 Å². The number of pyridine rings is 1. The smallest absolute Gasteiger partial charge is 0.408 e. The Hall–Kier alpha value is -3.32. The predicted molar refractivity (Wildman–Crippen MR) is 118 cm³/mol. The molecule has 8 heteroatoms. The van der Waals surface area contributed by atoms with Crippen LogP contribution >= 0.6 is 11.6 Å². The average molecular weight is 428 g/mol. The van der Waals surface area contributed by atoms with E-state index in [0.717, 1.165) is 0 Å². The molecule has 0 radical (unpaired) electrons. The molecule has 156 valence electrons. The van der Waals surface area contributed by atoms with Crippen LogP contribution in [0.2, 0.25) is 5.02 Å². The van der Waals surface area contributed by atoms with E-state index in [1.165, 1.54) is 9.80 Å². The number of nitrogens with one attached hydrogen (secondary N) is 1. The molecule has 1 N–H and O–H groups in total. The van der Waals surface area contributed by atoms with E-state index < -0.39 is 17.6 Å². The van der Waals surface area contributed by atoms with Gasteiger partial charge in [0.15, 0.2) is 5.75 Å². The molecule has 30 heavy (non-hydrogen) atoms. The Bertz CT molecular complexity index is 1140. The number of amides is 2. The van der Waals surface area contributed by atoms with E-state index in [2.05, 4.69) is 4.98 Å². The van der Waals surface area contributed by atoms with Crippen molar-refractivity contribution in [2.75, 3.05) is 25.0 Å². The minimum Gasteiger partial charge on any atom is -0.408 e. The number of para-hydroxylation sites is 1. The topological polar surface area (TPSA) is 82.7 Å². The number of H-pyrrole nitrogens is 1. The number of anilines is 1. The van der Waals surface area contributed by atoms with Crippen molar-refractivity contribution in [1.29, 1.82) is 0 Å². The van der Waals surface area contributed by atoms with Crippen molar-refractivity contribution in [1.82, 2.24) is 9.88 Å². The second-order valence-corrected chi connectivity index (χ2v) is 6.99. The quantitative estimate of drug-likeness (QED) is 0.658. The fourth-order valence-electron chi connectivity index (χ4n) is 3.05. The molecule has 1 aromatic heterocycles. The van der Waals surface area contributed by atoms with Crippen LogP contribution in [0.4, 0.5) is 10.5 Å². The fraction of sp³-hybridized carbons (Fsp3) is 0.227. The number of hydrogen-bond donors (Lipinski definition) is 1. The summed E-state index contributed by atoms with van der Waals surface area (Å²) in [5, 5.41) is 0.548. The molecule has 0 atom stereocenters. The molecular weight excluding hydrogens is 406 g/mol. The first-order valence-corrected chi connectivity index (χ1v) is 9.91. The molecule has 0 aliphatic carbocycles. The lowest BCUT2D eigenvalue weighted by Gasteiger charge is -2.23. The first kappa shape index (κ1) is 21.4. The molecule has 0 unspecified atom stereocenters. The minimum atomic E-state index is -0.693. The first-order valence-electron chi connectivity index (χ1n) is 9.53. The molecule has 2 amide bonds. The van der Waals surface area contributed by atoms with Crippen molar-refractivity contribution >= 4 is 40.2 Å². The van der Waals surface area contributed by atoms with Crippen LogP contribution in [0.3, 0.4) is 0 Å². The average Bonchev–Trinajstić information content (AvgIpc) is 2.74. The van der Waals surface area contributed by atoms with E-state index in [0.29, 0.717) is 29.7 Å². The third-order valence-electron chi connectivity index (χ3n) is 4.76. The predicted octanol–water partition coefficient (Wildman–Crippen LogP) is 4.30. The highest BCUT2D eigenvalue weighted by molar-refractivity contribution is 6.36. The Kier molecular flexibility index (Phi) is 6.42. The van der Waals surface area contributed by atoms with E-state index in [1.54, 1.807) is 63.4 Å². The van der Waals surface area contributed by atoms with Gasteiger partial charge < -0.3 is 19.5 Å². The van der Waals surface area contributed by atoms with Crippen molar-refractivity contribution in [3.63, 3.8) is 0 Å². The molecule has 0 bridgehead atoms. The highest BCUT2D eigenvalue weighted by Gasteiger charge is 2.28. The zero-order valence-corrected chi connectivity index (χ0v) is 17.7. The number of hydrogen-bond acceptors (Lipinski definition) is 4. The van der Waals surface area contributed by atoms with Crippen molar-refractivity contribution in [3.8, 4) is 5.75 Å². The Morgan fingerprint density at radius 2 is 1.73 bits per heavy atom. The van der Waals surface area contributed by atoms with Gasteiger partial charge in [-0.1, -0.05) is 35.9 Å². The number of aromatic amines is 1. The lowest BCUT2D eigenvalue weighted by atomic mass is 10.1. The van der Waals surface area contributed by atoms with Crippen LogP contribution < -0.4 is 15.2 Å². The molecule has 3 rings (SSSR count). The SMILES string of the molecule is CCN(C)C(=O)Oc1c(C(=O)N(CC)c2ccccc2)c(=O)[nH]c2cccc(Cl)c12. The van der Waals surface area contributed by atoms with Crippen molar-refractivity contribution in [2.24, 2.45) is 0 Å². The maximum atomic E-state index is 13.5. The summed E-state index contributed by atoms with van der Waals surface area (Å²) in [5.41, 5.74) is 0.0469. The summed E-state index contributed by atoms with van der Waals surface area (Å²) < 4.78 is 5.56. The van der Waals surface area contributed by atoms with E-state index in [1.807, 2.05) is 6.07 Å². The van der Waals surface area contributed by atoms with Gasteiger partial charge in [0, 0.05) is 25.8 Å². The van der Waals surface area contributed by atoms with Gasteiger partial charge in [0.25, 0.3) is 11.5 Å². The van der Waals surface area contributed by atoms with Gasteiger partial charge in [-0.3, -0.25) is 9.59 Å². The summed E-state index contributed by atoms with van der Waals surface area (Å²) >= 11 is 6.37. The van der Waals surface area contributed by atoms with Crippen LogP contribution in [-0.2, 0) is 0 Å². The summed E-state index contributed by atoms with van der Waals surface area (Å²) in [6.45, 7) is 4.28. The Labute approximate surface area is 178 Å². The molecule has 0 saturated heterocycles. The number of aromatic nitrogens is 1. The summed E-state index contributed by atoms with van der Waals surface area (Å²) in [5.74, 6) is -0.738. The lowest BCUT2D eigenvalue weighted by Crippen LogP contribution is -2.36. The number of ether oxygens (including phenoxy) is 1. The fourth-order valence-corrected chi connectivity index (χ4v) is 3.31. The number of rotatable bonds is 5. The van der Waals surface area contributed by atoms with E-state index >= 15 is 0 Å². The van der Waals surface area contributed by atoms with E-state index in [9.17, 15) is 14.4 Å². The van der Waals surface area contributed by atoms with Crippen molar-refractivity contribution in [3.05, 3.63) is 69.5 Å². The molecule has 1 heterocycles. The van der Waals surface area contributed by atoms with Crippen LogP contribution in [0.1, 0.15) is 24.2 Å². The van der Waals surface area contributed by atoms with E-state index in [-0.39, 0.29) is 16.3 Å². The van der Waals surface area contributed by atoms with Gasteiger partial charge in [0.05, 0.1) is 15.9 Å². The maximum Gasteiger partial charge on any atom is 0.415 e. The third-order valence-corrected chi connectivity index (χ3v) is 5.08. The first-order chi connectivity index (χ1) is 14.4. The molecule has 2 aromatic carbocycles. The number of carbonyl (C=O) groups excluding carboxylic acids is 2. The number of fused-ring (bicyclic) bond motifs is 1. The van der Waals surface area contributed by atoms with E-state index in [4.69, 9.17) is 16.3 Å². The van der Waals surface area contributed by atoms with Crippen LogP contribution in [-0.4, -0.2) is 42.0 Å². The van der Waals surface area contributed by atoms with Gasteiger partial charge in [-0.05, 0) is 38.1 Å². The summed E-state index contributed by atoms with van der Waals surface area (Å²) in [6, 6.07) is 13.8. The normalized spacial score (nSPS) is 10.7. The van der Waals surface area contributed by atoms with Gasteiger partial charge in [-0.2, -0.15) is 0 Å². The minimum absolute atomic E-state index is 0.149. The van der Waals surface area contributed by atoms with Gasteiger partial charge in [0.2, 0.25) is 0 Å². The van der Waals surface area contributed by atoms with Gasteiger partial charge in [0.1, 0.15) is 5.56 Å². The second-order valence-electron chi connectivity index (χ2n) is 6.59. The molecule has 0 spiro atoms. The molecule has 0 saturated carbocycles. The second kappa shape index (κ2) is 9.00. The Morgan fingerprint density at radius 3 is 2.37 bits per heavy atom. The van der Waals surface area contributed by atoms with Gasteiger partial charge >= 0.3 is 6.09 Å². The molecule has 0 aliphatic rings. The number of carbonyl (C=O) groups is 2. The number of nitrogens with zero attached hydrogens (tertiary/aromatic N) is 2. The van der Waals surface area contributed by atoms with Crippen molar-refractivity contribution < 1.29 is 14.3 Å². The standard InChI is InChI=1S/C22H22ClN3O4/c1-4-25(3)22(29)30-19-17-15(23)12-9-13-16(17)24-20(27)18(19)21(28)26(5-2)14-10-7-6-8-11-14/h6-13H,4-5H2,1-3H3,(H,24,27). The van der Waals surface area contributed by atoms with Crippen LogP contribution in [0.25, 0.3) is 10.9 Å². The van der Waals surface area contributed by atoms with Gasteiger partial charge in [-0.15, -0.1) is 0 Å². The van der Waals surface area contributed by atoms with Crippen LogP contribution in [0.5, 0.6) is 5.75 Å². The Morgan fingerprint density at radius 1 is 1.03 bits per heavy atom. The summed E-state index contributed by atoms with van der Waals surface area (Å²) in [6.07, 6.45) is -0.693. The third kappa shape index (κ3) is 4.02. The zero-order chi connectivity index (χ0) is 21.8.